The van der Waals surface area contributed by atoms with E-state index in [0.29, 0.717) is 0 Å². The number of ketones is 1. The molecule has 0 bridgehead atoms. The molecule has 0 spiro atoms. The Labute approximate surface area is 125 Å². The fraction of sp³-hybridized carbons (Fsp3) is 0.533. The van der Waals surface area contributed by atoms with Gasteiger partial charge in [-0.1, -0.05) is 25.8 Å². The molecule has 0 aromatic carbocycles. The van der Waals surface area contributed by atoms with Gasteiger partial charge in [0.15, 0.2) is 5.78 Å². The van der Waals surface area contributed by atoms with Gasteiger partial charge in [-0.15, -0.1) is 0 Å². The maximum atomic E-state index is 10.4. The van der Waals surface area contributed by atoms with Gasteiger partial charge in [-0.05, 0) is 25.8 Å². The number of carbonyl (C=O) groups is 2. The Bertz CT molecular complexity index is 427. The zero-order valence-electron chi connectivity index (χ0n) is 12.7. The van der Waals surface area contributed by atoms with Crippen LogP contribution in [0.5, 0.6) is 0 Å². The number of hydrogen-bond donors (Lipinski definition) is 3. The molecule has 0 saturated carbocycles. The summed E-state index contributed by atoms with van der Waals surface area (Å²) < 4.78 is 0. The molecule has 0 fully saturated rings. The molecule has 0 amide bonds. The van der Waals surface area contributed by atoms with E-state index in [9.17, 15) is 9.59 Å². The van der Waals surface area contributed by atoms with Crippen LogP contribution < -0.4 is 5.73 Å². The van der Waals surface area contributed by atoms with Crippen molar-refractivity contribution in [2.24, 2.45) is 5.73 Å². The Morgan fingerprint density at radius 2 is 2.19 bits per heavy atom. The molecule has 0 aliphatic heterocycles. The first-order chi connectivity index (χ1) is 9.97. The monoisotopic (exact) mass is 295 g/mol. The molecule has 0 radical (unpaired) electrons. The molecule has 1 aromatic heterocycles. The van der Waals surface area contributed by atoms with Crippen LogP contribution in [0.1, 0.15) is 45.2 Å². The molecule has 0 aliphatic rings. The average Bonchev–Trinajstić information content (AvgIpc) is 2.91. The Balaban J connectivity index is 0.000000384. The van der Waals surface area contributed by atoms with E-state index in [1.165, 1.54) is 25.6 Å². The lowest BCUT2D eigenvalue weighted by Gasteiger charge is -2.02. The van der Waals surface area contributed by atoms with Gasteiger partial charge < -0.3 is 15.8 Å². The quantitative estimate of drug-likeness (QED) is 0.502. The molecule has 0 saturated heterocycles. The number of aromatic nitrogens is 2. The molecule has 0 aliphatic carbocycles. The number of imidazole rings is 1. The lowest BCUT2D eigenvalue weighted by molar-refractivity contribution is -0.138. The number of H-pyrrole nitrogens is 1. The van der Waals surface area contributed by atoms with E-state index in [0.717, 1.165) is 12.1 Å². The fourth-order valence-corrected chi connectivity index (χ4v) is 1.48. The minimum absolute atomic E-state index is 0.150. The Morgan fingerprint density at radius 3 is 2.67 bits per heavy atom. The maximum absolute atomic E-state index is 10.4. The van der Waals surface area contributed by atoms with Crippen molar-refractivity contribution in [3.05, 3.63) is 30.4 Å². The summed E-state index contributed by atoms with van der Waals surface area (Å²) in [6.07, 6.45) is 11.7. The maximum Gasteiger partial charge on any atom is 0.320 e. The lowest BCUT2D eigenvalue weighted by Crippen LogP contribution is -2.32. The van der Waals surface area contributed by atoms with Gasteiger partial charge in [0.2, 0.25) is 0 Å². The van der Waals surface area contributed by atoms with Gasteiger partial charge in [-0.2, -0.15) is 0 Å². The van der Waals surface area contributed by atoms with Gasteiger partial charge in [0, 0.05) is 18.3 Å². The van der Waals surface area contributed by atoms with Crippen LogP contribution in [0, 0.1) is 0 Å². The Hall–Kier alpha value is -1.95. The highest BCUT2D eigenvalue weighted by molar-refractivity contribution is 5.87. The van der Waals surface area contributed by atoms with Crippen LogP contribution >= 0.6 is 0 Å². The van der Waals surface area contributed by atoms with Crippen LogP contribution in [0.2, 0.25) is 0 Å². The van der Waals surface area contributed by atoms with Crippen LogP contribution in [0.15, 0.2) is 24.7 Å². The minimum atomic E-state index is -1.00. The van der Waals surface area contributed by atoms with E-state index in [1.807, 2.05) is 6.08 Å². The number of carboxylic acids is 1. The molecule has 0 unspecified atom stereocenters. The molecular weight excluding hydrogens is 270 g/mol. The number of carbonyl (C=O) groups excluding carboxylic acids is 1. The van der Waals surface area contributed by atoms with E-state index in [2.05, 4.69) is 16.9 Å². The second-order valence-corrected chi connectivity index (χ2v) is 4.73. The van der Waals surface area contributed by atoms with Gasteiger partial charge in [0.25, 0.3) is 0 Å². The van der Waals surface area contributed by atoms with E-state index in [-0.39, 0.29) is 12.2 Å². The topological polar surface area (TPSA) is 109 Å². The molecule has 118 valence electrons. The normalized spacial score (nSPS) is 11.8. The average molecular weight is 295 g/mol. The smallest absolute Gasteiger partial charge is 0.320 e. The summed E-state index contributed by atoms with van der Waals surface area (Å²) in [5, 5.41) is 8.42. The second kappa shape index (κ2) is 11.8. The lowest BCUT2D eigenvalue weighted by atomic mass is 10.2. The summed E-state index contributed by atoms with van der Waals surface area (Å²) in [7, 11) is 0. The van der Waals surface area contributed by atoms with E-state index in [4.69, 9.17) is 10.8 Å². The molecule has 6 heteroatoms. The van der Waals surface area contributed by atoms with E-state index >= 15 is 0 Å². The van der Waals surface area contributed by atoms with Crippen LogP contribution in [0.3, 0.4) is 0 Å². The predicted molar refractivity (Wildman–Crippen MR) is 81.9 cm³/mol. The molecular formula is C15H25N3O3. The van der Waals surface area contributed by atoms with Gasteiger partial charge in [0.05, 0.1) is 6.33 Å². The first-order valence-electron chi connectivity index (χ1n) is 7.10. The van der Waals surface area contributed by atoms with Crippen LogP contribution in [0.25, 0.3) is 0 Å². The van der Waals surface area contributed by atoms with Crippen molar-refractivity contribution in [3.8, 4) is 0 Å². The molecule has 1 atom stereocenters. The largest absolute Gasteiger partial charge is 0.480 e. The number of nitrogens with two attached hydrogens (primary N) is 1. The van der Waals surface area contributed by atoms with Crippen molar-refractivity contribution in [2.75, 3.05) is 0 Å². The molecule has 6 nitrogen and oxygen atoms in total. The fourth-order valence-electron chi connectivity index (χ4n) is 1.48. The van der Waals surface area contributed by atoms with Crippen molar-refractivity contribution in [3.63, 3.8) is 0 Å². The first kappa shape index (κ1) is 19.1. The van der Waals surface area contributed by atoms with Gasteiger partial charge in [-0.25, -0.2) is 4.98 Å². The van der Waals surface area contributed by atoms with Crippen molar-refractivity contribution < 1.29 is 14.7 Å². The Morgan fingerprint density at radius 1 is 1.48 bits per heavy atom. The number of allylic oxidation sites excluding steroid dienone is 2. The zero-order valence-corrected chi connectivity index (χ0v) is 12.7. The molecule has 1 heterocycles. The number of aromatic amines is 1. The molecule has 1 aromatic rings. The highest BCUT2D eigenvalue weighted by Gasteiger charge is 2.11. The molecule has 4 N–H and O–H groups in total. The minimum Gasteiger partial charge on any atom is -0.480 e. The summed E-state index contributed by atoms with van der Waals surface area (Å²) >= 11 is 0. The summed E-state index contributed by atoms with van der Waals surface area (Å²) in [5.74, 6) is -0.851. The van der Waals surface area contributed by atoms with E-state index in [1.54, 1.807) is 19.2 Å². The number of carboxylic acid groups (broad SMARTS) is 1. The zero-order chi connectivity index (χ0) is 16.1. The molecule has 21 heavy (non-hydrogen) atoms. The Kier molecular flexibility index (Phi) is 10.7. The molecule has 1 rings (SSSR count). The number of aliphatic carboxylic acids is 1. The first-order valence-corrected chi connectivity index (χ1v) is 7.10. The highest BCUT2D eigenvalue weighted by atomic mass is 16.4. The summed E-state index contributed by atoms with van der Waals surface area (Å²) in [6, 6.07) is -0.851. The number of unbranched alkanes of at least 4 members (excludes halogenated alkanes) is 3. The van der Waals surface area contributed by atoms with Crippen molar-refractivity contribution in [1.29, 1.82) is 0 Å². The number of nitrogens with one attached hydrogen (secondary N) is 1. The van der Waals surface area contributed by atoms with E-state index < -0.39 is 12.0 Å². The number of hydrogen-bond acceptors (Lipinski definition) is 4. The van der Waals surface area contributed by atoms with Crippen LogP contribution in [-0.2, 0) is 16.0 Å². The SMILES string of the molecule is CCCCCC=CC(C)=O.N[C@@H](Cc1cnc[nH]1)C(=O)O. The van der Waals surface area contributed by atoms with Gasteiger partial charge >= 0.3 is 5.97 Å². The van der Waals surface area contributed by atoms with Crippen molar-refractivity contribution in [1.82, 2.24) is 9.97 Å². The highest BCUT2D eigenvalue weighted by Crippen LogP contribution is 1.99. The predicted octanol–water partition coefficient (Wildman–Crippen LogP) is 2.08. The number of nitrogens with zero attached hydrogens (tertiary/aromatic N) is 1. The number of rotatable bonds is 8. The van der Waals surface area contributed by atoms with Gasteiger partial charge in [-0.3, -0.25) is 9.59 Å². The van der Waals surface area contributed by atoms with Crippen molar-refractivity contribution >= 4 is 11.8 Å². The summed E-state index contributed by atoms with van der Waals surface area (Å²) in [6.45, 7) is 3.75. The van der Waals surface area contributed by atoms with Crippen LogP contribution in [0.4, 0.5) is 0 Å². The van der Waals surface area contributed by atoms with Crippen LogP contribution in [-0.4, -0.2) is 32.9 Å². The third-order valence-corrected chi connectivity index (χ3v) is 2.64. The standard InChI is InChI=1S/C9H16O.C6H9N3O2/c1-3-4-5-6-7-8-9(2)10;7-5(6(10)11)1-4-2-8-3-9-4/h7-8H,3-6H2,1-2H3;2-3,5H,1,7H2,(H,8,9)(H,10,11)/t;5-/m.0/s1. The second-order valence-electron chi connectivity index (χ2n) is 4.73. The third kappa shape index (κ3) is 11.6. The van der Waals surface area contributed by atoms with Gasteiger partial charge in [0.1, 0.15) is 6.04 Å². The summed E-state index contributed by atoms with van der Waals surface area (Å²) in [5.41, 5.74) is 6.00. The third-order valence-electron chi connectivity index (χ3n) is 2.64. The van der Waals surface area contributed by atoms with Crippen molar-refractivity contribution in [2.45, 2.75) is 52.0 Å². The summed E-state index contributed by atoms with van der Waals surface area (Å²) in [4.78, 5) is 27.2.